The van der Waals surface area contributed by atoms with Crippen LogP contribution in [-0.4, -0.2) is 23.3 Å². The largest absolute Gasteiger partial charge is 0.343 e. The van der Waals surface area contributed by atoms with E-state index in [2.05, 4.69) is 15.6 Å². The van der Waals surface area contributed by atoms with Gasteiger partial charge in [0, 0.05) is 11.8 Å². The van der Waals surface area contributed by atoms with Gasteiger partial charge in [-0.2, -0.15) is 0 Å². The Morgan fingerprint density at radius 3 is 2.52 bits per heavy atom. The number of rotatable bonds is 5. The first-order valence-corrected chi connectivity index (χ1v) is 7.80. The van der Waals surface area contributed by atoms with Crippen molar-refractivity contribution in [1.29, 1.82) is 0 Å². The van der Waals surface area contributed by atoms with Crippen LogP contribution in [0.5, 0.6) is 0 Å². The average Bonchev–Trinajstić information content (AvgIpc) is 2.53. The van der Waals surface area contributed by atoms with Crippen LogP contribution in [-0.2, 0) is 4.79 Å². The van der Waals surface area contributed by atoms with Crippen LogP contribution in [0.25, 0.3) is 0 Å². The molecule has 1 fully saturated rings. The van der Waals surface area contributed by atoms with Crippen molar-refractivity contribution in [2.75, 3.05) is 11.9 Å². The fraction of sp³-hybridized carbons (Fsp3) is 0.278. The Morgan fingerprint density at radius 1 is 1.13 bits per heavy atom. The molecule has 0 spiro atoms. The van der Waals surface area contributed by atoms with Gasteiger partial charge in [-0.25, -0.2) is 0 Å². The third kappa shape index (κ3) is 3.94. The number of benzene rings is 1. The summed E-state index contributed by atoms with van der Waals surface area (Å²) in [6.07, 6.45) is 6.95. The fourth-order valence-corrected chi connectivity index (χ4v) is 2.55. The van der Waals surface area contributed by atoms with E-state index >= 15 is 0 Å². The maximum Gasteiger partial charge on any atom is 0.251 e. The lowest BCUT2D eigenvalue weighted by molar-refractivity contribution is -0.115. The number of anilines is 1. The van der Waals surface area contributed by atoms with E-state index in [1.54, 1.807) is 24.5 Å². The SMILES string of the molecule is O=C(CNC(=O)c1ccc(C2CCC2)cc1)Nc1cccnc1. The molecule has 0 radical (unpaired) electrons. The zero-order valence-electron chi connectivity index (χ0n) is 12.8. The van der Waals surface area contributed by atoms with Crippen molar-refractivity contribution in [3.8, 4) is 0 Å². The number of aromatic nitrogens is 1. The molecule has 2 amide bonds. The minimum absolute atomic E-state index is 0.0713. The van der Waals surface area contributed by atoms with E-state index in [0.29, 0.717) is 17.2 Å². The molecule has 1 aliphatic rings. The maximum atomic E-state index is 12.1. The van der Waals surface area contributed by atoms with Crippen LogP contribution in [0.15, 0.2) is 48.8 Å². The van der Waals surface area contributed by atoms with E-state index in [9.17, 15) is 9.59 Å². The molecule has 2 N–H and O–H groups in total. The van der Waals surface area contributed by atoms with E-state index in [1.807, 2.05) is 24.3 Å². The molecule has 5 nitrogen and oxygen atoms in total. The minimum Gasteiger partial charge on any atom is -0.343 e. The Hall–Kier alpha value is -2.69. The van der Waals surface area contributed by atoms with Gasteiger partial charge in [0.1, 0.15) is 0 Å². The first-order valence-electron chi connectivity index (χ1n) is 7.80. The summed E-state index contributed by atoms with van der Waals surface area (Å²) in [5, 5.41) is 5.30. The number of hydrogen-bond donors (Lipinski definition) is 2. The van der Waals surface area contributed by atoms with Crippen LogP contribution in [0.1, 0.15) is 41.1 Å². The zero-order chi connectivity index (χ0) is 16.1. The van der Waals surface area contributed by atoms with Crippen molar-refractivity contribution >= 4 is 17.5 Å². The smallest absolute Gasteiger partial charge is 0.251 e. The molecule has 0 aliphatic heterocycles. The van der Waals surface area contributed by atoms with Crippen LogP contribution >= 0.6 is 0 Å². The van der Waals surface area contributed by atoms with Gasteiger partial charge >= 0.3 is 0 Å². The Kier molecular flexibility index (Phi) is 4.66. The summed E-state index contributed by atoms with van der Waals surface area (Å²) in [5.41, 5.74) is 2.47. The van der Waals surface area contributed by atoms with Gasteiger partial charge in [-0.3, -0.25) is 14.6 Å². The number of nitrogens with zero attached hydrogens (tertiary/aromatic N) is 1. The molecule has 1 aliphatic carbocycles. The number of nitrogens with one attached hydrogen (secondary N) is 2. The lowest BCUT2D eigenvalue weighted by Crippen LogP contribution is -2.32. The normalized spacial score (nSPS) is 13.9. The first-order chi connectivity index (χ1) is 11.2. The van der Waals surface area contributed by atoms with Crippen LogP contribution in [0.2, 0.25) is 0 Å². The van der Waals surface area contributed by atoms with Crippen molar-refractivity contribution in [3.05, 3.63) is 59.9 Å². The molecule has 0 unspecified atom stereocenters. The second kappa shape index (κ2) is 7.05. The molecule has 1 aromatic heterocycles. The van der Waals surface area contributed by atoms with Gasteiger partial charge in [0.25, 0.3) is 5.91 Å². The van der Waals surface area contributed by atoms with Gasteiger partial charge in [-0.15, -0.1) is 0 Å². The number of carbonyl (C=O) groups excluding carboxylic acids is 2. The molecule has 118 valence electrons. The summed E-state index contributed by atoms with van der Waals surface area (Å²) in [4.78, 5) is 27.8. The Morgan fingerprint density at radius 2 is 1.91 bits per heavy atom. The van der Waals surface area contributed by atoms with Gasteiger partial charge in [0.15, 0.2) is 0 Å². The zero-order valence-corrected chi connectivity index (χ0v) is 12.8. The van der Waals surface area contributed by atoms with Gasteiger partial charge in [-0.1, -0.05) is 18.6 Å². The van der Waals surface area contributed by atoms with Crippen molar-refractivity contribution in [1.82, 2.24) is 10.3 Å². The number of carbonyl (C=O) groups is 2. The van der Waals surface area contributed by atoms with E-state index in [-0.39, 0.29) is 18.4 Å². The quantitative estimate of drug-likeness (QED) is 0.892. The average molecular weight is 309 g/mol. The molecular weight excluding hydrogens is 290 g/mol. The Labute approximate surface area is 135 Å². The predicted molar refractivity (Wildman–Crippen MR) is 88.2 cm³/mol. The molecule has 0 atom stereocenters. The second-order valence-electron chi connectivity index (χ2n) is 5.72. The lowest BCUT2D eigenvalue weighted by Gasteiger charge is -2.25. The summed E-state index contributed by atoms with van der Waals surface area (Å²) in [5.74, 6) is 0.126. The molecular formula is C18H19N3O2. The number of pyridine rings is 1. The molecule has 1 aromatic carbocycles. The highest BCUT2D eigenvalue weighted by Gasteiger charge is 2.19. The van der Waals surface area contributed by atoms with Gasteiger partial charge in [-0.05, 0) is 48.6 Å². The number of amides is 2. The van der Waals surface area contributed by atoms with Gasteiger partial charge < -0.3 is 10.6 Å². The molecule has 5 heteroatoms. The molecule has 23 heavy (non-hydrogen) atoms. The molecule has 0 bridgehead atoms. The summed E-state index contributed by atoms with van der Waals surface area (Å²) in [6, 6.07) is 11.1. The summed E-state index contributed by atoms with van der Waals surface area (Å²) < 4.78 is 0. The summed E-state index contributed by atoms with van der Waals surface area (Å²) in [7, 11) is 0. The molecule has 1 heterocycles. The van der Waals surface area contributed by atoms with Gasteiger partial charge in [0.05, 0.1) is 18.4 Å². The highest BCUT2D eigenvalue weighted by molar-refractivity contribution is 5.99. The monoisotopic (exact) mass is 309 g/mol. The topological polar surface area (TPSA) is 71.1 Å². The fourth-order valence-electron chi connectivity index (χ4n) is 2.55. The maximum absolute atomic E-state index is 12.1. The minimum atomic E-state index is -0.280. The van der Waals surface area contributed by atoms with Crippen LogP contribution in [0.4, 0.5) is 5.69 Å². The summed E-state index contributed by atoms with van der Waals surface area (Å²) >= 11 is 0. The van der Waals surface area contributed by atoms with Crippen LogP contribution in [0, 0.1) is 0 Å². The van der Waals surface area contributed by atoms with Gasteiger partial charge in [0.2, 0.25) is 5.91 Å². The van der Waals surface area contributed by atoms with Crippen molar-refractivity contribution in [3.63, 3.8) is 0 Å². The van der Waals surface area contributed by atoms with Crippen molar-refractivity contribution in [2.24, 2.45) is 0 Å². The molecule has 1 saturated carbocycles. The van der Waals surface area contributed by atoms with E-state index in [1.165, 1.54) is 24.8 Å². The molecule has 3 rings (SSSR count). The van der Waals surface area contributed by atoms with Crippen LogP contribution in [0.3, 0.4) is 0 Å². The third-order valence-corrected chi connectivity index (χ3v) is 4.10. The number of hydrogen-bond acceptors (Lipinski definition) is 3. The molecule has 0 saturated heterocycles. The molecule has 2 aromatic rings. The Balaban J connectivity index is 1.49. The van der Waals surface area contributed by atoms with Crippen molar-refractivity contribution in [2.45, 2.75) is 25.2 Å². The highest BCUT2D eigenvalue weighted by atomic mass is 16.2. The van der Waals surface area contributed by atoms with Crippen molar-refractivity contribution < 1.29 is 9.59 Å². The lowest BCUT2D eigenvalue weighted by atomic mass is 9.80. The first kappa shape index (κ1) is 15.2. The third-order valence-electron chi connectivity index (χ3n) is 4.10. The second-order valence-corrected chi connectivity index (χ2v) is 5.72. The predicted octanol–water partition coefficient (Wildman–Crippen LogP) is 2.72. The van der Waals surface area contributed by atoms with Crippen LogP contribution < -0.4 is 10.6 Å². The van der Waals surface area contributed by atoms with E-state index in [0.717, 1.165) is 0 Å². The van der Waals surface area contributed by atoms with E-state index < -0.39 is 0 Å². The highest BCUT2D eigenvalue weighted by Crippen LogP contribution is 2.36. The standard InChI is InChI=1S/C18H19N3O2/c22-17(21-16-5-2-10-19-11-16)12-20-18(23)15-8-6-14(7-9-15)13-3-1-4-13/h2,5-11,13H,1,3-4,12H2,(H,20,23)(H,21,22). The van der Waals surface area contributed by atoms with E-state index in [4.69, 9.17) is 0 Å². The Bertz CT molecular complexity index is 679. The summed E-state index contributed by atoms with van der Waals surface area (Å²) in [6.45, 7) is -0.0713.